The van der Waals surface area contributed by atoms with Crippen molar-refractivity contribution in [2.75, 3.05) is 13.1 Å². The number of hydrogen-bond donors (Lipinski definition) is 1. The molecule has 1 aromatic rings. The molecule has 0 radical (unpaired) electrons. The van der Waals surface area contributed by atoms with E-state index in [1.54, 1.807) is 11.0 Å². The number of amides is 1. The summed E-state index contributed by atoms with van der Waals surface area (Å²) in [5.41, 5.74) is 5.50. The lowest BCUT2D eigenvalue weighted by Crippen LogP contribution is -2.37. The molecule has 0 unspecified atom stereocenters. The maximum absolute atomic E-state index is 12.2. The molecule has 1 amide bonds. The number of hydrogen-bond acceptors (Lipinski definition) is 3. The van der Waals surface area contributed by atoms with E-state index in [0.717, 1.165) is 14.7 Å². The normalized spacial score (nSPS) is 10.3. The van der Waals surface area contributed by atoms with Crippen molar-refractivity contribution in [1.29, 1.82) is 0 Å². The van der Waals surface area contributed by atoms with Crippen molar-refractivity contribution >= 4 is 66.3 Å². The number of thiocarbonyl (C=S) groups is 1. The molecule has 0 aliphatic rings. The predicted octanol–water partition coefficient (Wildman–Crippen LogP) is 3.41. The highest BCUT2D eigenvalue weighted by molar-refractivity contribution is 9.13. The van der Waals surface area contributed by atoms with Crippen LogP contribution in [0.15, 0.2) is 14.3 Å². The van der Waals surface area contributed by atoms with Gasteiger partial charge in [0.2, 0.25) is 0 Å². The lowest BCUT2D eigenvalue weighted by atomic mass is 10.3. The molecule has 0 saturated heterocycles. The first-order valence-corrected chi connectivity index (χ1v) is 7.79. The van der Waals surface area contributed by atoms with Crippen molar-refractivity contribution in [1.82, 2.24) is 4.90 Å². The van der Waals surface area contributed by atoms with Gasteiger partial charge in [-0.1, -0.05) is 19.1 Å². The maximum atomic E-state index is 12.2. The Morgan fingerprint density at radius 2 is 2.24 bits per heavy atom. The first-order chi connectivity index (χ1) is 7.95. The van der Waals surface area contributed by atoms with Crippen LogP contribution in [-0.4, -0.2) is 28.9 Å². The summed E-state index contributed by atoms with van der Waals surface area (Å²) in [5, 5.41) is 0. The zero-order chi connectivity index (χ0) is 13.0. The van der Waals surface area contributed by atoms with E-state index in [0.29, 0.717) is 23.0 Å². The van der Waals surface area contributed by atoms with Gasteiger partial charge in [0, 0.05) is 11.0 Å². The smallest absolute Gasteiger partial charge is 0.264 e. The fourth-order valence-electron chi connectivity index (χ4n) is 1.32. The molecule has 0 aliphatic heterocycles. The second kappa shape index (κ2) is 6.82. The highest BCUT2D eigenvalue weighted by Crippen LogP contribution is 2.32. The van der Waals surface area contributed by atoms with E-state index in [1.807, 2.05) is 6.92 Å². The van der Waals surface area contributed by atoms with Crippen molar-refractivity contribution in [3.8, 4) is 0 Å². The van der Waals surface area contributed by atoms with E-state index in [9.17, 15) is 4.79 Å². The standard InChI is InChI=1S/C10H12Br2N2OS2/c1-2-3-14(5-8(13)16)10(15)7-4-6(11)9(12)17-7/h4H,2-3,5H2,1H3,(H2,13,16). The number of nitrogens with two attached hydrogens (primary N) is 1. The summed E-state index contributed by atoms with van der Waals surface area (Å²) in [7, 11) is 0. The van der Waals surface area contributed by atoms with Crippen LogP contribution >= 0.6 is 55.4 Å². The van der Waals surface area contributed by atoms with Crippen LogP contribution in [0.25, 0.3) is 0 Å². The van der Waals surface area contributed by atoms with Crippen molar-refractivity contribution in [2.24, 2.45) is 5.73 Å². The molecule has 3 nitrogen and oxygen atoms in total. The van der Waals surface area contributed by atoms with E-state index in [-0.39, 0.29) is 5.91 Å². The lowest BCUT2D eigenvalue weighted by molar-refractivity contribution is 0.0784. The Kier molecular flexibility index (Phi) is 6.05. The van der Waals surface area contributed by atoms with E-state index in [2.05, 4.69) is 31.9 Å². The molecule has 1 aromatic heterocycles. The molecule has 0 atom stereocenters. The fraction of sp³-hybridized carbons (Fsp3) is 0.400. The van der Waals surface area contributed by atoms with Crippen LogP contribution in [0.2, 0.25) is 0 Å². The molecule has 2 N–H and O–H groups in total. The molecule has 0 spiro atoms. The molecule has 0 aliphatic carbocycles. The van der Waals surface area contributed by atoms with Gasteiger partial charge >= 0.3 is 0 Å². The lowest BCUT2D eigenvalue weighted by Gasteiger charge is -2.20. The number of rotatable bonds is 5. The fourth-order valence-corrected chi connectivity index (χ4v) is 3.48. The third kappa shape index (κ3) is 4.31. The summed E-state index contributed by atoms with van der Waals surface area (Å²) in [6, 6.07) is 1.80. The minimum Gasteiger partial charge on any atom is -0.392 e. The molecule has 0 bridgehead atoms. The second-order valence-corrected chi connectivity index (χ2v) is 7.17. The van der Waals surface area contributed by atoms with Crippen LogP contribution < -0.4 is 5.73 Å². The molecule has 7 heteroatoms. The summed E-state index contributed by atoms with van der Waals surface area (Å²) in [4.78, 5) is 14.9. The van der Waals surface area contributed by atoms with Gasteiger partial charge in [-0.05, 0) is 44.3 Å². The summed E-state index contributed by atoms with van der Waals surface area (Å²) in [6.45, 7) is 3.00. The van der Waals surface area contributed by atoms with Gasteiger partial charge in [0.15, 0.2) is 0 Å². The summed E-state index contributed by atoms with van der Waals surface area (Å²) >= 11 is 13.0. The zero-order valence-corrected chi connectivity index (χ0v) is 14.0. The van der Waals surface area contributed by atoms with Crippen LogP contribution in [0.5, 0.6) is 0 Å². The van der Waals surface area contributed by atoms with Crippen molar-refractivity contribution in [3.63, 3.8) is 0 Å². The summed E-state index contributed by atoms with van der Waals surface area (Å²) < 4.78 is 1.80. The van der Waals surface area contributed by atoms with Gasteiger partial charge in [-0.15, -0.1) is 11.3 Å². The number of nitrogens with zero attached hydrogens (tertiary/aromatic N) is 1. The molecule has 1 heterocycles. The number of carbonyl (C=O) groups is 1. The summed E-state index contributed by atoms with van der Waals surface area (Å²) in [5.74, 6) is -0.0314. The molecular weight excluding hydrogens is 388 g/mol. The van der Waals surface area contributed by atoms with Crippen molar-refractivity contribution in [3.05, 3.63) is 19.2 Å². The first kappa shape index (κ1) is 15.1. The summed E-state index contributed by atoms with van der Waals surface area (Å²) in [6.07, 6.45) is 0.877. The minimum atomic E-state index is -0.0314. The monoisotopic (exact) mass is 398 g/mol. The highest BCUT2D eigenvalue weighted by Gasteiger charge is 2.19. The van der Waals surface area contributed by atoms with Gasteiger partial charge in [0.05, 0.1) is 20.2 Å². The molecule has 0 aromatic carbocycles. The third-order valence-electron chi connectivity index (χ3n) is 1.98. The first-order valence-electron chi connectivity index (χ1n) is 4.98. The Bertz CT molecular complexity index is 414. The molecule has 94 valence electrons. The van der Waals surface area contributed by atoms with Crippen molar-refractivity contribution < 1.29 is 4.79 Å². The highest BCUT2D eigenvalue weighted by atomic mass is 79.9. The van der Waals surface area contributed by atoms with Crippen LogP contribution in [-0.2, 0) is 0 Å². The number of halogens is 2. The SMILES string of the molecule is CCCN(CC(N)=S)C(=O)c1cc(Br)c(Br)s1. The van der Waals surface area contributed by atoms with Gasteiger partial charge in [0.25, 0.3) is 5.91 Å². The molecule has 17 heavy (non-hydrogen) atoms. The molecule has 0 fully saturated rings. The van der Waals surface area contributed by atoms with Crippen LogP contribution in [0, 0.1) is 0 Å². The average Bonchev–Trinajstić information content (AvgIpc) is 2.57. The van der Waals surface area contributed by atoms with Gasteiger partial charge in [-0.3, -0.25) is 4.79 Å². The Balaban J connectivity index is 2.87. The average molecular weight is 400 g/mol. The Morgan fingerprint density at radius 3 is 2.65 bits per heavy atom. The largest absolute Gasteiger partial charge is 0.392 e. The molecular formula is C10H12Br2N2OS2. The maximum Gasteiger partial charge on any atom is 0.264 e. The van der Waals surface area contributed by atoms with Gasteiger partial charge < -0.3 is 10.6 Å². The Hall–Kier alpha value is 0.0200. The topological polar surface area (TPSA) is 46.3 Å². The Morgan fingerprint density at radius 1 is 1.59 bits per heavy atom. The zero-order valence-electron chi connectivity index (χ0n) is 9.20. The third-order valence-corrected chi connectivity index (χ3v) is 5.36. The van der Waals surface area contributed by atoms with Gasteiger partial charge in [-0.2, -0.15) is 0 Å². The number of carbonyl (C=O) groups excluding carboxylic acids is 1. The van der Waals surface area contributed by atoms with Gasteiger partial charge in [-0.25, -0.2) is 0 Å². The molecule has 1 rings (SSSR count). The second-order valence-electron chi connectivity index (χ2n) is 3.43. The van der Waals surface area contributed by atoms with E-state index >= 15 is 0 Å². The van der Waals surface area contributed by atoms with Gasteiger partial charge in [0.1, 0.15) is 0 Å². The number of thiophene rings is 1. The van der Waals surface area contributed by atoms with Crippen LogP contribution in [0.4, 0.5) is 0 Å². The quantitative estimate of drug-likeness (QED) is 0.771. The van der Waals surface area contributed by atoms with E-state index in [4.69, 9.17) is 18.0 Å². The Labute approximate surface area is 127 Å². The molecule has 0 saturated carbocycles. The predicted molar refractivity (Wildman–Crippen MR) is 82.7 cm³/mol. The van der Waals surface area contributed by atoms with E-state index < -0.39 is 0 Å². The van der Waals surface area contributed by atoms with Crippen molar-refractivity contribution in [2.45, 2.75) is 13.3 Å². The van der Waals surface area contributed by atoms with Crippen LogP contribution in [0.3, 0.4) is 0 Å². The van der Waals surface area contributed by atoms with Crippen LogP contribution in [0.1, 0.15) is 23.0 Å². The minimum absolute atomic E-state index is 0.0314. The van der Waals surface area contributed by atoms with E-state index in [1.165, 1.54) is 11.3 Å².